The van der Waals surface area contributed by atoms with Crippen LogP contribution >= 0.6 is 24.0 Å². The van der Waals surface area contributed by atoms with Crippen LogP contribution in [0.15, 0.2) is 41.4 Å². The third-order valence-electron chi connectivity index (χ3n) is 5.93. The largest absolute Gasteiger partial charge is 0.497 e. The topological polar surface area (TPSA) is 54.9 Å². The van der Waals surface area contributed by atoms with E-state index in [4.69, 9.17) is 9.47 Å². The van der Waals surface area contributed by atoms with E-state index in [2.05, 4.69) is 46.0 Å². The lowest BCUT2D eigenvalue weighted by Gasteiger charge is -2.30. The van der Waals surface area contributed by atoms with Crippen molar-refractivity contribution in [1.29, 1.82) is 0 Å². The van der Waals surface area contributed by atoms with Gasteiger partial charge in [0.15, 0.2) is 5.96 Å². The van der Waals surface area contributed by atoms with E-state index in [0.29, 0.717) is 5.41 Å². The van der Waals surface area contributed by atoms with E-state index in [9.17, 15) is 0 Å². The maximum Gasteiger partial charge on any atom is 0.191 e. The summed E-state index contributed by atoms with van der Waals surface area (Å²) in [5.41, 5.74) is 1.57. The highest BCUT2D eigenvalue weighted by Gasteiger charge is 2.33. The Morgan fingerprint density at radius 1 is 1.03 bits per heavy atom. The van der Waals surface area contributed by atoms with Crippen molar-refractivity contribution in [3.05, 3.63) is 42.0 Å². The van der Waals surface area contributed by atoms with Gasteiger partial charge < -0.3 is 20.1 Å². The molecule has 29 heavy (non-hydrogen) atoms. The maximum absolute atomic E-state index is 5.34. The lowest BCUT2D eigenvalue weighted by Crippen LogP contribution is -2.43. The molecule has 2 aromatic carbocycles. The van der Waals surface area contributed by atoms with Crippen LogP contribution in [0, 0.1) is 5.41 Å². The Morgan fingerprint density at radius 3 is 2.45 bits per heavy atom. The Kier molecular flexibility index (Phi) is 9.49. The van der Waals surface area contributed by atoms with Crippen LogP contribution in [-0.2, 0) is 11.3 Å². The highest BCUT2D eigenvalue weighted by molar-refractivity contribution is 14.0. The molecule has 0 heterocycles. The summed E-state index contributed by atoms with van der Waals surface area (Å²) in [5.74, 6) is 1.75. The summed E-state index contributed by atoms with van der Waals surface area (Å²) in [5, 5.41) is 9.41. The summed E-state index contributed by atoms with van der Waals surface area (Å²) in [6.45, 7) is 2.52. The summed E-state index contributed by atoms with van der Waals surface area (Å²) in [4.78, 5) is 4.41. The summed E-state index contributed by atoms with van der Waals surface area (Å²) in [7, 11) is 5.32. The van der Waals surface area contributed by atoms with Crippen LogP contribution in [0.2, 0.25) is 0 Å². The molecule has 0 saturated heterocycles. The molecule has 6 heteroatoms. The fourth-order valence-electron chi connectivity index (χ4n) is 4.15. The van der Waals surface area contributed by atoms with Crippen LogP contribution in [0.4, 0.5) is 0 Å². The smallest absolute Gasteiger partial charge is 0.191 e. The van der Waals surface area contributed by atoms with Gasteiger partial charge >= 0.3 is 0 Å². The average Bonchev–Trinajstić information content (AvgIpc) is 3.21. The molecule has 160 valence electrons. The molecule has 0 aromatic heterocycles. The quantitative estimate of drug-likeness (QED) is 0.306. The first-order valence-electron chi connectivity index (χ1n) is 10.2. The first kappa shape index (κ1) is 23.7. The van der Waals surface area contributed by atoms with Gasteiger partial charge in [0.25, 0.3) is 0 Å². The third-order valence-corrected chi connectivity index (χ3v) is 5.93. The summed E-state index contributed by atoms with van der Waals surface area (Å²) < 4.78 is 10.6. The van der Waals surface area contributed by atoms with Gasteiger partial charge in [-0.05, 0) is 59.2 Å². The SMILES string of the molecule is CN=C(NCc1ccc2cc(OC)ccc2c1)NCC1(CCOC)CCCC1.I. The van der Waals surface area contributed by atoms with Gasteiger partial charge in [-0.2, -0.15) is 0 Å². The number of ether oxygens (including phenoxy) is 2. The fourth-order valence-corrected chi connectivity index (χ4v) is 4.15. The zero-order valence-corrected chi connectivity index (χ0v) is 20.1. The minimum Gasteiger partial charge on any atom is -0.497 e. The molecule has 0 spiro atoms. The van der Waals surface area contributed by atoms with Gasteiger partial charge in [-0.1, -0.05) is 31.0 Å². The molecule has 2 aromatic rings. The van der Waals surface area contributed by atoms with Crippen molar-refractivity contribution >= 4 is 40.7 Å². The van der Waals surface area contributed by atoms with Gasteiger partial charge in [0.05, 0.1) is 7.11 Å². The van der Waals surface area contributed by atoms with Crippen molar-refractivity contribution in [3.8, 4) is 5.75 Å². The molecule has 1 aliphatic carbocycles. The van der Waals surface area contributed by atoms with Crippen molar-refractivity contribution in [1.82, 2.24) is 10.6 Å². The molecule has 3 rings (SSSR count). The number of guanidine groups is 1. The molecule has 0 unspecified atom stereocenters. The zero-order chi connectivity index (χ0) is 19.8. The van der Waals surface area contributed by atoms with E-state index in [1.165, 1.54) is 42.0 Å². The Balaban J connectivity index is 0.00000300. The van der Waals surface area contributed by atoms with Gasteiger partial charge in [0.1, 0.15) is 5.75 Å². The average molecular weight is 511 g/mol. The first-order chi connectivity index (χ1) is 13.7. The Morgan fingerprint density at radius 2 is 1.76 bits per heavy atom. The van der Waals surface area contributed by atoms with Crippen molar-refractivity contribution in [3.63, 3.8) is 0 Å². The van der Waals surface area contributed by atoms with Crippen LogP contribution < -0.4 is 15.4 Å². The van der Waals surface area contributed by atoms with Crippen molar-refractivity contribution in [2.45, 2.75) is 38.6 Å². The Labute approximate surface area is 191 Å². The lowest BCUT2D eigenvalue weighted by atomic mass is 9.83. The van der Waals surface area contributed by atoms with Crippen LogP contribution in [-0.4, -0.2) is 40.4 Å². The van der Waals surface area contributed by atoms with Crippen LogP contribution in [0.5, 0.6) is 5.75 Å². The molecule has 0 bridgehead atoms. The summed E-state index contributed by atoms with van der Waals surface area (Å²) >= 11 is 0. The molecule has 5 nitrogen and oxygen atoms in total. The number of methoxy groups -OCH3 is 2. The predicted octanol–water partition coefficient (Wildman–Crippen LogP) is 4.73. The normalized spacial score (nSPS) is 15.8. The lowest BCUT2D eigenvalue weighted by molar-refractivity contribution is 0.138. The molecule has 0 atom stereocenters. The zero-order valence-electron chi connectivity index (χ0n) is 17.8. The number of rotatable bonds is 8. The molecule has 0 radical (unpaired) electrons. The third kappa shape index (κ3) is 6.47. The van der Waals surface area contributed by atoms with Gasteiger partial charge in [0, 0.05) is 33.9 Å². The predicted molar refractivity (Wildman–Crippen MR) is 132 cm³/mol. The molecule has 1 fully saturated rings. The standard InChI is InChI=1S/C23H33N3O2.HI/c1-24-22(26-17-23(12-13-27-2)10-4-5-11-23)25-16-18-6-7-20-15-21(28-3)9-8-19(20)14-18;/h6-9,14-15H,4-5,10-13,16-17H2,1-3H3,(H2,24,25,26);1H. The number of nitrogens with zero attached hydrogens (tertiary/aromatic N) is 1. The number of benzene rings is 2. The number of hydrogen-bond donors (Lipinski definition) is 2. The molecular weight excluding hydrogens is 477 g/mol. The molecule has 1 aliphatic rings. The molecule has 2 N–H and O–H groups in total. The number of nitrogens with one attached hydrogen (secondary N) is 2. The van der Waals surface area contributed by atoms with E-state index in [1.54, 1.807) is 14.2 Å². The minimum atomic E-state index is 0. The maximum atomic E-state index is 5.34. The van der Waals surface area contributed by atoms with Gasteiger partial charge in [-0.15, -0.1) is 24.0 Å². The summed E-state index contributed by atoms with van der Waals surface area (Å²) in [6.07, 6.45) is 6.29. The number of hydrogen-bond acceptors (Lipinski definition) is 3. The molecular formula is C23H34IN3O2. The van der Waals surface area contributed by atoms with E-state index in [0.717, 1.165) is 37.8 Å². The number of halogens is 1. The van der Waals surface area contributed by atoms with Gasteiger partial charge in [0.2, 0.25) is 0 Å². The second kappa shape index (κ2) is 11.6. The van der Waals surface area contributed by atoms with Crippen LogP contribution in [0.1, 0.15) is 37.7 Å². The number of fused-ring (bicyclic) bond motifs is 1. The van der Waals surface area contributed by atoms with Gasteiger partial charge in [-0.3, -0.25) is 4.99 Å². The van der Waals surface area contributed by atoms with Crippen LogP contribution in [0.3, 0.4) is 0 Å². The second-order valence-electron chi connectivity index (χ2n) is 7.78. The monoisotopic (exact) mass is 511 g/mol. The minimum absolute atomic E-state index is 0. The Bertz CT molecular complexity index is 804. The molecule has 1 saturated carbocycles. The highest BCUT2D eigenvalue weighted by Crippen LogP contribution is 2.40. The van der Waals surface area contributed by atoms with E-state index < -0.39 is 0 Å². The Hall–Kier alpha value is -1.54. The summed E-state index contributed by atoms with van der Waals surface area (Å²) in [6, 6.07) is 12.7. The van der Waals surface area contributed by atoms with E-state index in [1.807, 2.05) is 13.1 Å². The number of aliphatic imine (C=N–C) groups is 1. The molecule has 0 amide bonds. The van der Waals surface area contributed by atoms with Crippen molar-refractivity contribution < 1.29 is 9.47 Å². The molecule has 0 aliphatic heterocycles. The first-order valence-corrected chi connectivity index (χ1v) is 10.2. The van der Waals surface area contributed by atoms with Crippen molar-refractivity contribution in [2.24, 2.45) is 10.4 Å². The highest BCUT2D eigenvalue weighted by atomic mass is 127. The van der Waals surface area contributed by atoms with Gasteiger partial charge in [-0.25, -0.2) is 0 Å². The second-order valence-corrected chi connectivity index (χ2v) is 7.78. The van der Waals surface area contributed by atoms with Crippen molar-refractivity contribution in [2.75, 3.05) is 34.4 Å². The van der Waals surface area contributed by atoms with E-state index in [-0.39, 0.29) is 24.0 Å². The van der Waals surface area contributed by atoms with Crippen LogP contribution in [0.25, 0.3) is 10.8 Å². The van der Waals surface area contributed by atoms with E-state index >= 15 is 0 Å². The fraction of sp³-hybridized carbons (Fsp3) is 0.522.